The van der Waals surface area contributed by atoms with Crippen LogP contribution in [0.3, 0.4) is 0 Å². The number of fused-ring (bicyclic) bond motifs is 1. The molecule has 1 fully saturated rings. The van der Waals surface area contributed by atoms with Gasteiger partial charge in [-0.2, -0.15) is 0 Å². The van der Waals surface area contributed by atoms with Gasteiger partial charge in [-0.25, -0.2) is 18.4 Å². The zero-order valence-corrected chi connectivity index (χ0v) is 18.3. The van der Waals surface area contributed by atoms with Gasteiger partial charge >= 0.3 is 0 Å². The second-order valence-corrected chi connectivity index (χ2v) is 9.74. The normalized spacial score (nSPS) is 20.4. The van der Waals surface area contributed by atoms with E-state index in [4.69, 9.17) is 0 Å². The molecule has 1 saturated heterocycles. The van der Waals surface area contributed by atoms with Crippen LogP contribution in [-0.4, -0.2) is 55.3 Å². The first-order chi connectivity index (χ1) is 14.8. The van der Waals surface area contributed by atoms with Crippen LogP contribution in [-0.2, 0) is 14.8 Å². The number of sulfonamides is 1. The maximum Gasteiger partial charge on any atom is 0.263 e. The molecule has 1 aromatic heterocycles. The predicted octanol–water partition coefficient (Wildman–Crippen LogP) is 1.32. The molecule has 2 aliphatic heterocycles. The van der Waals surface area contributed by atoms with E-state index in [9.17, 15) is 13.2 Å². The first-order valence-corrected chi connectivity index (χ1v) is 11.9. The summed E-state index contributed by atoms with van der Waals surface area (Å²) in [6, 6.07) is 7.77. The molecular formula is C21H26N6O3S. The molecule has 9 nitrogen and oxygen atoms in total. The van der Waals surface area contributed by atoms with Crippen LogP contribution in [0.1, 0.15) is 32.3 Å². The number of rotatable bonds is 5. The van der Waals surface area contributed by atoms with E-state index in [-0.39, 0.29) is 28.6 Å². The third-order valence-corrected chi connectivity index (χ3v) is 6.90. The number of amidine groups is 1. The van der Waals surface area contributed by atoms with Crippen molar-refractivity contribution in [2.75, 3.05) is 18.0 Å². The molecular weight excluding hydrogens is 416 g/mol. The van der Waals surface area contributed by atoms with E-state index in [1.807, 2.05) is 13.8 Å². The quantitative estimate of drug-likeness (QED) is 0.722. The Hall–Kier alpha value is -3.01. The summed E-state index contributed by atoms with van der Waals surface area (Å²) in [4.78, 5) is 28.4. The van der Waals surface area contributed by atoms with E-state index in [0.717, 1.165) is 25.9 Å². The lowest BCUT2D eigenvalue weighted by molar-refractivity contribution is -0.124. The average Bonchev–Trinajstić information content (AvgIpc) is 3.03. The van der Waals surface area contributed by atoms with Crippen molar-refractivity contribution in [1.82, 2.24) is 20.0 Å². The molecule has 164 valence electrons. The lowest BCUT2D eigenvalue weighted by Gasteiger charge is -2.33. The van der Waals surface area contributed by atoms with Crippen LogP contribution < -0.4 is 14.9 Å². The summed E-state index contributed by atoms with van der Waals surface area (Å²) in [6.45, 7) is 5.31. The zero-order valence-electron chi connectivity index (χ0n) is 17.5. The van der Waals surface area contributed by atoms with Crippen molar-refractivity contribution in [3.05, 3.63) is 48.3 Å². The Morgan fingerprint density at radius 3 is 2.52 bits per heavy atom. The van der Waals surface area contributed by atoms with Gasteiger partial charge in [-0.15, -0.1) is 0 Å². The van der Waals surface area contributed by atoms with Gasteiger partial charge in [-0.3, -0.25) is 14.5 Å². The number of hydrogen-bond donors (Lipinski definition) is 2. The van der Waals surface area contributed by atoms with Crippen LogP contribution in [0.4, 0.5) is 5.95 Å². The van der Waals surface area contributed by atoms with Gasteiger partial charge in [-0.1, -0.05) is 26.0 Å². The van der Waals surface area contributed by atoms with E-state index >= 15 is 0 Å². The fourth-order valence-electron chi connectivity index (χ4n) is 3.84. The number of carbonyl (C=O) groups excluding carboxylic acids is 1. The number of benzene rings is 1. The first-order valence-electron chi connectivity index (χ1n) is 10.4. The second-order valence-electron chi connectivity index (χ2n) is 8.09. The van der Waals surface area contributed by atoms with Gasteiger partial charge in [0.1, 0.15) is 11.9 Å². The minimum atomic E-state index is -3.64. The van der Waals surface area contributed by atoms with Crippen LogP contribution in [0.25, 0.3) is 0 Å². The van der Waals surface area contributed by atoms with Crippen LogP contribution in [0.5, 0.6) is 0 Å². The molecule has 2 aromatic rings. The van der Waals surface area contributed by atoms with Crippen molar-refractivity contribution in [2.45, 2.75) is 43.7 Å². The SMILES string of the molecule is CC(C)[C@H](N=C1NS(=O)(=O)c2ccccc21)C(=O)NC1CCN(c2ncccn2)CC1. The first kappa shape index (κ1) is 21.2. The predicted molar refractivity (Wildman–Crippen MR) is 117 cm³/mol. The number of aromatic nitrogens is 2. The van der Waals surface area contributed by atoms with Crippen molar-refractivity contribution in [3.8, 4) is 0 Å². The summed E-state index contributed by atoms with van der Waals surface area (Å²) in [5.41, 5.74) is 0.497. The van der Waals surface area contributed by atoms with Crippen LogP contribution in [0.2, 0.25) is 0 Å². The number of amides is 1. The highest BCUT2D eigenvalue weighted by molar-refractivity contribution is 7.90. The monoisotopic (exact) mass is 442 g/mol. The number of nitrogens with zero attached hydrogens (tertiary/aromatic N) is 4. The fraction of sp³-hybridized carbons (Fsp3) is 0.429. The Bertz CT molecular complexity index is 1080. The van der Waals surface area contributed by atoms with Gasteiger partial charge in [0.25, 0.3) is 10.0 Å². The Labute approximate surface area is 182 Å². The minimum Gasteiger partial charge on any atom is -0.351 e. The number of anilines is 1. The highest BCUT2D eigenvalue weighted by Crippen LogP contribution is 2.24. The molecule has 3 heterocycles. The smallest absolute Gasteiger partial charge is 0.263 e. The fourth-order valence-corrected chi connectivity index (χ4v) is 5.08. The molecule has 0 radical (unpaired) electrons. The topological polar surface area (TPSA) is 117 Å². The summed E-state index contributed by atoms with van der Waals surface area (Å²) >= 11 is 0. The third kappa shape index (κ3) is 4.53. The van der Waals surface area contributed by atoms with Gasteiger partial charge in [-0.05, 0) is 37.0 Å². The van der Waals surface area contributed by atoms with Gasteiger partial charge in [0.2, 0.25) is 11.9 Å². The van der Waals surface area contributed by atoms with Crippen molar-refractivity contribution in [2.24, 2.45) is 10.9 Å². The summed E-state index contributed by atoms with van der Waals surface area (Å²) in [5, 5.41) is 3.10. The van der Waals surface area contributed by atoms with Crippen molar-refractivity contribution in [3.63, 3.8) is 0 Å². The van der Waals surface area contributed by atoms with E-state index < -0.39 is 16.1 Å². The van der Waals surface area contributed by atoms with E-state index in [1.54, 1.807) is 36.7 Å². The van der Waals surface area contributed by atoms with Gasteiger partial charge in [0.15, 0.2) is 0 Å². The molecule has 1 aromatic carbocycles. The maximum atomic E-state index is 13.0. The molecule has 0 aliphatic carbocycles. The van der Waals surface area contributed by atoms with Crippen molar-refractivity contribution in [1.29, 1.82) is 0 Å². The summed E-state index contributed by atoms with van der Waals surface area (Å²) in [6.07, 6.45) is 5.00. The lowest BCUT2D eigenvalue weighted by atomic mass is 10.0. The molecule has 4 rings (SSSR count). The lowest BCUT2D eigenvalue weighted by Crippen LogP contribution is -2.48. The van der Waals surface area contributed by atoms with Crippen LogP contribution in [0, 0.1) is 5.92 Å². The molecule has 0 spiro atoms. The number of hydrogen-bond acceptors (Lipinski definition) is 7. The average molecular weight is 443 g/mol. The molecule has 10 heteroatoms. The second kappa shape index (κ2) is 8.62. The van der Waals surface area contributed by atoms with Crippen LogP contribution >= 0.6 is 0 Å². The molecule has 0 unspecified atom stereocenters. The number of aliphatic imine (C=N–C) groups is 1. The highest BCUT2D eigenvalue weighted by Gasteiger charge is 2.33. The van der Waals surface area contributed by atoms with Gasteiger partial charge in [0, 0.05) is 37.1 Å². The molecule has 1 atom stereocenters. The molecule has 31 heavy (non-hydrogen) atoms. The number of carbonyl (C=O) groups is 1. The van der Waals surface area contributed by atoms with Crippen molar-refractivity contribution < 1.29 is 13.2 Å². The summed E-state index contributed by atoms with van der Waals surface area (Å²) < 4.78 is 27.2. The zero-order chi connectivity index (χ0) is 22.0. The largest absolute Gasteiger partial charge is 0.351 e. The highest BCUT2D eigenvalue weighted by atomic mass is 32.2. The van der Waals surface area contributed by atoms with Gasteiger partial charge < -0.3 is 10.2 Å². The minimum absolute atomic E-state index is 0.0291. The summed E-state index contributed by atoms with van der Waals surface area (Å²) in [5.74, 6) is 0.634. The number of piperidine rings is 1. The van der Waals surface area contributed by atoms with Gasteiger partial charge in [0.05, 0.1) is 4.90 Å². The maximum absolute atomic E-state index is 13.0. The third-order valence-electron chi connectivity index (χ3n) is 5.51. The Morgan fingerprint density at radius 1 is 1.16 bits per heavy atom. The Balaban J connectivity index is 1.44. The Kier molecular flexibility index (Phi) is 5.90. The molecule has 0 saturated carbocycles. The van der Waals surface area contributed by atoms with E-state index in [1.165, 1.54) is 6.07 Å². The standard InChI is InChI=1S/C21H26N6O3S/c1-14(2)18(25-19-16-6-3-4-7-17(16)31(29,30)26-19)20(28)24-15-8-12-27(13-9-15)21-22-10-5-11-23-21/h3-7,10-11,14-15,18H,8-9,12-13H2,1-2H3,(H,24,28)(H,25,26)/t18-/m0/s1. The summed E-state index contributed by atoms with van der Waals surface area (Å²) in [7, 11) is -3.64. The van der Waals surface area contributed by atoms with Crippen LogP contribution in [0.15, 0.2) is 52.6 Å². The molecule has 1 amide bonds. The molecule has 2 N–H and O–H groups in total. The Morgan fingerprint density at radius 2 is 1.84 bits per heavy atom. The molecule has 0 bridgehead atoms. The van der Waals surface area contributed by atoms with Crippen molar-refractivity contribution >= 4 is 27.7 Å². The van der Waals surface area contributed by atoms with E-state index in [0.29, 0.717) is 11.5 Å². The number of nitrogens with one attached hydrogen (secondary N) is 2. The molecule has 2 aliphatic rings. The van der Waals surface area contributed by atoms with E-state index in [2.05, 4.69) is 29.9 Å².